The lowest BCUT2D eigenvalue weighted by Crippen LogP contribution is -2.33. The van der Waals surface area contributed by atoms with Crippen molar-refractivity contribution in [2.75, 3.05) is 18.7 Å². The Kier molecular flexibility index (Phi) is 4.53. The fourth-order valence-electron chi connectivity index (χ4n) is 2.38. The van der Waals surface area contributed by atoms with Gasteiger partial charge in [0.25, 0.3) is 0 Å². The number of aliphatic hydroxyl groups is 3. The van der Waals surface area contributed by atoms with Gasteiger partial charge in [-0.15, -0.1) is 0 Å². The second-order valence-corrected chi connectivity index (χ2v) is 7.02. The van der Waals surface area contributed by atoms with Gasteiger partial charge in [0, 0.05) is 0 Å². The van der Waals surface area contributed by atoms with Crippen LogP contribution in [-0.2, 0) is 13.8 Å². The summed E-state index contributed by atoms with van der Waals surface area (Å²) in [5.74, 6) is 0.149. The summed E-state index contributed by atoms with van der Waals surface area (Å²) in [6.45, 7) is -0.493. The van der Waals surface area contributed by atoms with Crippen LogP contribution in [-0.4, -0.2) is 71.0 Å². The molecule has 1 fully saturated rings. The molecule has 0 aliphatic carbocycles. The van der Waals surface area contributed by atoms with Gasteiger partial charge in [-0.05, 0) is 0 Å². The average molecular weight is 361 g/mol. The zero-order valence-corrected chi connectivity index (χ0v) is 13.1. The number of nitrogen functional groups attached to an aromatic ring is 1. The van der Waals surface area contributed by atoms with Gasteiger partial charge in [-0.25, -0.2) is 15.0 Å². The van der Waals surface area contributed by atoms with Crippen LogP contribution >= 0.6 is 7.60 Å². The van der Waals surface area contributed by atoms with Gasteiger partial charge in [-0.3, -0.25) is 9.13 Å². The number of nitrogens with zero attached hydrogens (tertiary/aromatic N) is 4. The lowest BCUT2D eigenvalue weighted by molar-refractivity contribution is -0.0488. The van der Waals surface area contributed by atoms with Crippen LogP contribution in [0.25, 0.3) is 11.2 Å². The second-order valence-electron chi connectivity index (χ2n) is 5.20. The molecule has 132 valence electrons. The van der Waals surface area contributed by atoms with E-state index in [1.54, 1.807) is 0 Å². The van der Waals surface area contributed by atoms with Gasteiger partial charge in [-0.1, -0.05) is 0 Å². The summed E-state index contributed by atoms with van der Waals surface area (Å²) in [6.07, 6.45) is -3.41. The van der Waals surface area contributed by atoms with Crippen LogP contribution in [0.3, 0.4) is 0 Å². The van der Waals surface area contributed by atoms with Gasteiger partial charge in [0.1, 0.15) is 36.5 Å². The number of anilines is 1. The number of ether oxygens (including phenoxy) is 1. The van der Waals surface area contributed by atoms with Gasteiger partial charge >= 0.3 is 7.60 Å². The molecule has 0 spiro atoms. The molecular weight excluding hydrogens is 345 g/mol. The minimum absolute atomic E-state index is 0.149. The van der Waals surface area contributed by atoms with E-state index in [1.807, 2.05) is 0 Å². The Balaban J connectivity index is 1.82. The summed E-state index contributed by atoms with van der Waals surface area (Å²) in [6, 6.07) is 0. The highest BCUT2D eigenvalue weighted by Crippen LogP contribution is 2.42. The number of aliphatic hydroxyl groups excluding tert-OH is 3. The van der Waals surface area contributed by atoms with Crippen molar-refractivity contribution in [3.63, 3.8) is 0 Å². The van der Waals surface area contributed by atoms with Crippen LogP contribution < -0.4 is 5.73 Å². The Morgan fingerprint density at radius 2 is 2.08 bits per heavy atom. The Labute approximate surface area is 135 Å². The first-order chi connectivity index (χ1) is 11.3. The molecule has 12 nitrogen and oxygen atoms in total. The highest BCUT2D eigenvalue weighted by atomic mass is 31.2. The molecule has 0 radical (unpaired) electrons. The molecule has 0 saturated carbocycles. The Bertz CT molecular complexity index is 785. The van der Waals surface area contributed by atoms with E-state index in [1.165, 1.54) is 17.2 Å². The van der Waals surface area contributed by atoms with Crippen molar-refractivity contribution < 1.29 is 34.0 Å². The van der Waals surface area contributed by atoms with Crippen LogP contribution in [0.2, 0.25) is 0 Å². The Hall–Kier alpha value is -1.66. The van der Waals surface area contributed by atoms with Crippen LogP contribution in [0.15, 0.2) is 12.7 Å². The van der Waals surface area contributed by atoms with Crippen LogP contribution in [0.4, 0.5) is 5.82 Å². The van der Waals surface area contributed by atoms with Gasteiger partial charge < -0.3 is 35.2 Å². The minimum Gasteiger partial charge on any atom is -0.387 e. The van der Waals surface area contributed by atoms with Crippen molar-refractivity contribution in [3.05, 3.63) is 12.7 Å². The van der Waals surface area contributed by atoms with E-state index in [2.05, 4.69) is 19.5 Å². The minimum atomic E-state index is -4.17. The first kappa shape index (κ1) is 17.2. The topological polar surface area (TPSA) is 186 Å². The largest absolute Gasteiger partial charge is 0.387 e. The Morgan fingerprint density at radius 3 is 2.79 bits per heavy atom. The predicted octanol–water partition coefficient (Wildman–Crippen LogP) is -1.82. The quantitative estimate of drug-likeness (QED) is 0.377. The van der Waals surface area contributed by atoms with Crippen molar-refractivity contribution in [1.29, 1.82) is 0 Å². The summed E-state index contributed by atoms with van der Waals surface area (Å²) in [5.41, 5.74) is 6.29. The molecule has 24 heavy (non-hydrogen) atoms. The monoisotopic (exact) mass is 361 g/mol. The number of hydrogen-bond acceptors (Lipinski definition) is 10. The molecule has 5 atom stereocenters. The van der Waals surface area contributed by atoms with E-state index in [-0.39, 0.29) is 5.82 Å². The number of fused-ring (bicyclic) bond motifs is 1. The van der Waals surface area contributed by atoms with E-state index in [9.17, 15) is 19.7 Å². The first-order valence-electron chi connectivity index (χ1n) is 6.86. The summed E-state index contributed by atoms with van der Waals surface area (Å²) < 4.78 is 22.8. The number of nitrogens with two attached hydrogens (primary N) is 1. The SMILES string of the molecule is Nc1ncnc2c1ncn2[C@@H]1O[C@H](COP(=O)(O)CO)[C@@H](O)[C@H]1O. The normalized spacial score (nSPS) is 29.8. The number of hydrogen-bond donors (Lipinski definition) is 5. The molecule has 13 heteroatoms. The second kappa shape index (κ2) is 6.33. The highest BCUT2D eigenvalue weighted by molar-refractivity contribution is 7.52. The molecule has 0 amide bonds. The molecule has 1 saturated heterocycles. The highest BCUT2D eigenvalue weighted by Gasteiger charge is 2.45. The van der Waals surface area contributed by atoms with Crippen molar-refractivity contribution in [3.8, 4) is 0 Å². The zero-order valence-electron chi connectivity index (χ0n) is 12.2. The van der Waals surface area contributed by atoms with E-state index < -0.39 is 45.1 Å². The fraction of sp³-hybridized carbons (Fsp3) is 0.545. The van der Waals surface area contributed by atoms with Gasteiger partial charge in [-0.2, -0.15) is 0 Å². The van der Waals surface area contributed by atoms with E-state index in [0.29, 0.717) is 11.2 Å². The van der Waals surface area contributed by atoms with Gasteiger partial charge in [0.2, 0.25) is 0 Å². The van der Waals surface area contributed by atoms with E-state index in [4.69, 9.17) is 15.6 Å². The summed E-state index contributed by atoms with van der Waals surface area (Å²) in [7, 11) is -4.17. The van der Waals surface area contributed by atoms with E-state index >= 15 is 0 Å². The molecule has 3 heterocycles. The van der Waals surface area contributed by atoms with Gasteiger partial charge in [0.15, 0.2) is 17.7 Å². The van der Waals surface area contributed by atoms with Crippen LogP contribution in [0.5, 0.6) is 0 Å². The smallest absolute Gasteiger partial charge is 0.353 e. The maximum atomic E-state index is 11.3. The van der Waals surface area contributed by atoms with Crippen LogP contribution in [0, 0.1) is 0 Å². The lowest BCUT2D eigenvalue weighted by Gasteiger charge is -2.17. The third-order valence-corrected chi connectivity index (χ3v) is 4.53. The summed E-state index contributed by atoms with van der Waals surface area (Å²) in [4.78, 5) is 21.0. The molecule has 3 rings (SSSR count). The summed E-state index contributed by atoms with van der Waals surface area (Å²) in [5, 5.41) is 28.9. The van der Waals surface area contributed by atoms with Crippen molar-refractivity contribution in [2.45, 2.75) is 24.5 Å². The lowest BCUT2D eigenvalue weighted by atomic mass is 10.1. The number of aromatic nitrogens is 4. The van der Waals surface area contributed by atoms with E-state index in [0.717, 1.165) is 0 Å². The van der Waals surface area contributed by atoms with Crippen molar-refractivity contribution in [1.82, 2.24) is 19.5 Å². The maximum Gasteiger partial charge on any atom is 0.353 e. The fourth-order valence-corrected chi connectivity index (χ4v) is 2.85. The van der Waals surface area contributed by atoms with Crippen molar-refractivity contribution in [2.24, 2.45) is 0 Å². The van der Waals surface area contributed by atoms with Gasteiger partial charge in [0.05, 0.1) is 12.9 Å². The zero-order chi connectivity index (χ0) is 17.5. The maximum absolute atomic E-state index is 11.3. The molecule has 2 aromatic rings. The summed E-state index contributed by atoms with van der Waals surface area (Å²) >= 11 is 0. The molecule has 0 aromatic carbocycles. The number of rotatable bonds is 5. The third-order valence-electron chi connectivity index (χ3n) is 3.62. The van der Waals surface area contributed by atoms with Crippen LogP contribution in [0.1, 0.15) is 6.23 Å². The third kappa shape index (κ3) is 3.00. The predicted molar refractivity (Wildman–Crippen MR) is 78.5 cm³/mol. The molecule has 1 aliphatic rings. The Morgan fingerprint density at radius 1 is 1.33 bits per heavy atom. The van der Waals surface area contributed by atoms with Crippen molar-refractivity contribution >= 4 is 24.6 Å². The standard InChI is InChI=1S/C11H16N5O7P/c12-9-6-10(14-2-13-9)16(3-15-6)11-8(19)7(18)5(23-11)1-22-24(20,21)4-17/h2-3,5,7-8,11,17-19H,1,4H2,(H,20,21)(H2,12,13,14)/t5-,7-,8-,11-/m1/s1. The molecule has 1 aliphatic heterocycles. The number of imidazole rings is 1. The average Bonchev–Trinajstić information content (AvgIpc) is 3.10. The molecule has 6 N–H and O–H groups in total. The molecule has 2 aromatic heterocycles. The molecular formula is C11H16N5O7P. The molecule has 1 unspecified atom stereocenters. The molecule has 0 bridgehead atoms. The first-order valence-corrected chi connectivity index (χ1v) is 8.62.